The fraction of sp³-hybridized carbons (Fsp3) is 0.192. The number of hydrogen-bond donors (Lipinski definition) is 2. The number of halogens is 3. The molecule has 0 aromatic heterocycles. The normalized spacial score (nSPS) is 18.9. The van der Waals surface area contributed by atoms with Gasteiger partial charge in [-0.15, -0.1) is 0 Å². The van der Waals surface area contributed by atoms with Crippen molar-refractivity contribution in [3.63, 3.8) is 0 Å². The van der Waals surface area contributed by atoms with E-state index < -0.39 is 40.5 Å². The molecule has 3 aromatic carbocycles. The topological polar surface area (TPSA) is 86.7 Å². The predicted octanol–water partition coefficient (Wildman–Crippen LogP) is 4.41. The Morgan fingerprint density at radius 1 is 1.11 bits per heavy atom. The van der Waals surface area contributed by atoms with Crippen LogP contribution in [0.1, 0.15) is 27.9 Å². The van der Waals surface area contributed by atoms with Crippen molar-refractivity contribution in [2.45, 2.75) is 24.3 Å². The third-order valence-corrected chi connectivity index (χ3v) is 6.86. The van der Waals surface area contributed by atoms with Crippen LogP contribution >= 0.6 is 11.6 Å². The summed E-state index contributed by atoms with van der Waals surface area (Å²) in [6.07, 6.45) is 0.368. The molecule has 1 aliphatic carbocycles. The molecule has 1 amide bonds. The quantitative estimate of drug-likeness (QED) is 0.528. The summed E-state index contributed by atoms with van der Waals surface area (Å²) in [4.78, 5) is 38.3. The number of hydrogen-bond acceptors (Lipinski definition) is 4. The van der Waals surface area contributed by atoms with Crippen molar-refractivity contribution in [2.24, 2.45) is 0 Å². The Labute approximate surface area is 204 Å². The van der Waals surface area contributed by atoms with Crippen LogP contribution in [0.2, 0.25) is 5.02 Å². The second kappa shape index (κ2) is 8.46. The van der Waals surface area contributed by atoms with Gasteiger partial charge in [0.25, 0.3) is 5.91 Å². The van der Waals surface area contributed by atoms with Crippen molar-refractivity contribution in [2.75, 3.05) is 11.4 Å². The number of amides is 1. The summed E-state index contributed by atoms with van der Waals surface area (Å²) in [6, 6.07) is 13.8. The van der Waals surface area contributed by atoms with E-state index in [9.17, 15) is 28.3 Å². The number of benzene rings is 3. The molecule has 1 aliphatic heterocycles. The minimum absolute atomic E-state index is 0.0545. The van der Waals surface area contributed by atoms with Gasteiger partial charge in [0.15, 0.2) is 0 Å². The zero-order valence-corrected chi connectivity index (χ0v) is 19.0. The first-order valence-corrected chi connectivity index (χ1v) is 11.2. The zero-order valence-electron chi connectivity index (χ0n) is 18.2. The van der Waals surface area contributed by atoms with Gasteiger partial charge in [0.1, 0.15) is 23.5 Å². The largest absolute Gasteiger partial charge is 0.480 e. The molecule has 2 N–H and O–H groups in total. The Balaban J connectivity index is 1.34. The highest BCUT2D eigenvalue weighted by Crippen LogP contribution is 2.55. The van der Waals surface area contributed by atoms with Crippen LogP contribution in [0, 0.1) is 11.6 Å². The summed E-state index contributed by atoms with van der Waals surface area (Å²) in [5.41, 5.74) is 1.78. The van der Waals surface area contributed by atoms with Crippen LogP contribution < -0.4 is 10.2 Å². The predicted molar refractivity (Wildman–Crippen MR) is 125 cm³/mol. The van der Waals surface area contributed by atoms with Crippen molar-refractivity contribution in [1.29, 1.82) is 0 Å². The Hall–Kier alpha value is -3.78. The average Bonchev–Trinajstić information content (AvgIpc) is 3.35. The molecule has 0 bridgehead atoms. The third kappa shape index (κ3) is 4.04. The number of carboxylic acids is 1. The van der Waals surface area contributed by atoms with Crippen molar-refractivity contribution >= 4 is 40.6 Å². The van der Waals surface area contributed by atoms with Crippen molar-refractivity contribution in [3.05, 3.63) is 94.0 Å². The smallest absolute Gasteiger partial charge is 0.326 e. The lowest BCUT2D eigenvalue weighted by atomic mass is 9.98. The molecule has 2 atom stereocenters. The highest BCUT2D eigenvalue weighted by atomic mass is 35.5. The molecule has 1 fully saturated rings. The number of Topliss-reactive ketones (excluding diaryl/α,β-unsaturated/α-hetero) is 1. The summed E-state index contributed by atoms with van der Waals surface area (Å²) >= 11 is 5.91. The Kier molecular flexibility index (Phi) is 5.56. The summed E-state index contributed by atoms with van der Waals surface area (Å²) in [5.74, 6) is -3.33. The Morgan fingerprint density at radius 3 is 2.46 bits per heavy atom. The lowest BCUT2D eigenvalue weighted by Gasteiger charge is -2.21. The lowest BCUT2D eigenvalue weighted by Crippen LogP contribution is -2.42. The number of nitrogens with one attached hydrogen (secondary N) is 1. The van der Waals surface area contributed by atoms with E-state index in [1.165, 1.54) is 24.3 Å². The number of ketones is 1. The van der Waals surface area contributed by atoms with Gasteiger partial charge in [-0.25, -0.2) is 13.6 Å². The molecule has 178 valence electrons. The summed E-state index contributed by atoms with van der Waals surface area (Å²) < 4.78 is 28.0. The minimum Gasteiger partial charge on any atom is -0.480 e. The molecule has 0 radical (unpaired) electrons. The van der Waals surface area contributed by atoms with Gasteiger partial charge in [0.2, 0.25) is 0 Å². The molecule has 9 heteroatoms. The highest BCUT2D eigenvalue weighted by molar-refractivity contribution is 6.33. The van der Waals surface area contributed by atoms with Gasteiger partial charge >= 0.3 is 5.97 Å². The van der Waals surface area contributed by atoms with Crippen molar-refractivity contribution in [3.8, 4) is 0 Å². The van der Waals surface area contributed by atoms with Gasteiger partial charge in [0.05, 0.1) is 16.0 Å². The van der Waals surface area contributed by atoms with Gasteiger partial charge in [-0.05, 0) is 47.5 Å². The number of rotatable bonds is 6. The first-order chi connectivity index (χ1) is 16.7. The van der Waals surface area contributed by atoms with E-state index in [1.807, 2.05) is 4.90 Å². The monoisotopic (exact) mass is 496 g/mol. The van der Waals surface area contributed by atoms with E-state index in [0.717, 1.165) is 17.3 Å². The van der Waals surface area contributed by atoms with E-state index in [4.69, 9.17) is 11.6 Å². The maximum absolute atomic E-state index is 14.0. The fourth-order valence-electron chi connectivity index (χ4n) is 4.62. The van der Waals surface area contributed by atoms with E-state index in [-0.39, 0.29) is 17.2 Å². The van der Waals surface area contributed by atoms with E-state index in [0.29, 0.717) is 24.2 Å². The number of anilines is 2. The molecule has 3 aromatic rings. The molecule has 6 nitrogen and oxygen atoms in total. The maximum atomic E-state index is 14.0. The van der Waals surface area contributed by atoms with Crippen LogP contribution in [0.5, 0.6) is 0 Å². The molecular formula is C26H19ClF2N2O4. The first-order valence-electron chi connectivity index (χ1n) is 10.9. The van der Waals surface area contributed by atoms with Crippen LogP contribution in [0.25, 0.3) is 0 Å². The van der Waals surface area contributed by atoms with Crippen LogP contribution in [-0.4, -0.2) is 35.4 Å². The SMILES string of the molecule is O=C(N[C@@H](Cc1ccc(N2CC3(CC3=O)c3ccc(F)cc32)cc1)C(=O)O)c1c(F)cccc1Cl. The second-order valence-electron chi connectivity index (χ2n) is 8.76. The molecule has 1 heterocycles. The minimum atomic E-state index is -1.32. The van der Waals surface area contributed by atoms with Crippen molar-refractivity contribution in [1.82, 2.24) is 5.32 Å². The number of fused-ring (bicyclic) bond motifs is 2. The van der Waals surface area contributed by atoms with E-state index in [1.54, 1.807) is 30.3 Å². The Morgan fingerprint density at radius 2 is 1.83 bits per heavy atom. The van der Waals surface area contributed by atoms with Gasteiger partial charge in [-0.1, -0.05) is 35.9 Å². The molecule has 1 saturated carbocycles. The summed E-state index contributed by atoms with van der Waals surface area (Å²) in [5, 5.41) is 11.8. The second-order valence-corrected chi connectivity index (χ2v) is 9.17. The van der Waals surface area contributed by atoms with Gasteiger partial charge in [0, 0.05) is 30.8 Å². The third-order valence-electron chi connectivity index (χ3n) is 6.55. The first kappa shape index (κ1) is 23.0. The average molecular weight is 497 g/mol. The van der Waals surface area contributed by atoms with Crippen LogP contribution in [0.3, 0.4) is 0 Å². The van der Waals surface area contributed by atoms with Crippen LogP contribution in [0.4, 0.5) is 20.2 Å². The number of carbonyl (C=O) groups is 3. The van der Waals surface area contributed by atoms with Crippen molar-refractivity contribution < 1.29 is 28.3 Å². The Bertz CT molecular complexity index is 1360. The van der Waals surface area contributed by atoms with Crippen LogP contribution in [0.15, 0.2) is 60.7 Å². The van der Waals surface area contributed by atoms with Gasteiger partial charge in [-0.3, -0.25) is 9.59 Å². The maximum Gasteiger partial charge on any atom is 0.326 e. The standard InChI is InChI=1S/C26H19ClF2N2O4/c27-18-2-1-3-19(29)23(18)24(33)30-20(25(34)35)10-14-4-7-16(8-5-14)31-13-26(12-22(26)32)17-9-6-15(28)11-21(17)31/h1-9,11,20H,10,12-13H2,(H,30,33)(H,34,35)/t20-,26?/m0/s1. The fourth-order valence-corrected chi connectivity index (χ4v) is 4.86. The molecule has 5 rings (SSSR count). The van der Waals surface area contributed by atoms with Crippen LogP contribution in [-0.2, 0) is 21.4 Å². The molecule has 0 saturated heterocycles. The van der Waals surface area contributed by atoms with Gasteiger partial charge < -0.3 is 15.3 Å². The molecule has 1 unspecified atom stereocenters. The van der Waals surface area contributed by atoms with Gasteiger partial charge in [-0.2, -0.15) is 0 Å². The zero-order chi connectivity index (χ0) is 24.9. The number of carbonyl (C=O) groups excluding carboxylic acids is 2. The molecule has 1 spiro atoms. The lowest BCUT2D eigenvalue weighted by molar-refractivity contribution is -0.139. The number of nitrogens with zero attached hydrogens (tertiary/aromatic N) is 1. The molecule has 35 heavy (non-hydrogen) atoms. The summed E-state index contributed by atoms with van der Waals surface area (Å²) in [6.45, 7) is 0.418. The molecular weight excluding hydrogens is 478 g/mol. The highest BCUT2D eigenvalue weighted by Gasteiger charge is 2.60. The summed E-state index contributed by atoms with van der Waals surface area (Å²) in [7, 11) is 0. The number of carboxylic acid groups (broad SMARTS) is 1. The van der Waals surface area contributed by atoms with E-state index in [2.05, 4.69) is 5.32 Å². The number of aliphatic carboxylic acids is 1. The van der Waals surface area contributed by atoms with E-state index >= 15 is 0 Å². The molecule has 2 aliphatic rings.